The van der Waals surface area contributed by atoms with Gasteiger partial charge in [0.05, 0.1) is 33.3 Å². The van der Waals surface area contributed by atoms with Crippen molar-refractivity contribution in [2.45, 2.75) is 26.6 Å². The van der Waals surface area contributed by atoms with Gasteiger partial charge in [-0.1, -0.05) is 6.07 Å². The Balaban J connectivity index is 1.61. The van der Waals surface area contributed by atoms with Gasteiger partial charge < -0.3 is 19.1 Å². The first-order valence-corrected chi connectivity index (χ1v) is 9.67. The maximum atomic E-state index is 12.8. The monoisotopic (exact) mass is 410 g/mol. The number of nitrogens with zero attached hydrogens (tertiary/aromatic N) is 2. The molecule has 1 aromatic heterocycles. The van der Waals surface area contributed by atoms with Crippen LogP contribution in [-0.2, 0) is 6.54 Å². The average molecular weight is 410 g/mol. The van der Waals surface area contributed by atoms with Crippen LogP contribution in [0.15, 0.2) is 30.3 Å². The van der Waals surface area contributed by atoms with Crippen LogP contribution >= 0.6 is 0 Å². The molecule has 1 aromatic carbocycles. The largest absolute Gasteiger partial charge is 0.497 e. The highest BCUT2D eigenvalue weighted by Crippen LogP contribution is 2.23. The number of alkyl halides is 3. The number of hydrogen-bond donors (Lipinski definition) is 1. The molecule has 0 spiro atoms. The summed E-state index contributed by atoms with van der Waals surface area (Å²) in [7, 11) is 1.64. The number of methoxy groups -OCH3 is 1. The quantitative estimate of drug-likeness (QED) is 0.743. The van der Waals surface area contributed by atoms with Crippen LogP contribution < -0.4 is 14.5 Å². The van der Waals surface area contributed by atoms with Crippen molar-refractivity contribution in [2.24, 2.45) is 0 Å². The lowest BCUT2D eigenvalue weighted by atomic mass is 10.1. The summed E-state index contributed by atoms with van der Waals surface area (Å²) in [4.78, 5) is 16.2. The van der Waals surface area contributed by atoms with Crippen LogP contribution in [0.4, 0.5) is 18.9 Å². The van der Waals surface area contributed by atoms with Crippen LogP contribution in [0.25, 0.3) is 0 Å². The fraction of sp³-hybridized carbons (Fsp3) is 0.476. The highest BCUT2D eigenvalue weighted by Gasteiger charge is 2.31. The number of carbonyl (C=O) groups is 1. The van der Waals surface area contributed by atoms with E-state index < -0.39 is 12.7 Å². The van der Waals surface area contributed by atoms with E-state index in [0.29, 0.717) is 23.5 Å². The van der Waals surface area contributed by atoms with E-state index in [-0.39, 0.29) is 5.78 Å². The molecule has 2 heterocycles. The highest BCUT2D eigenvalue weighted by molar-refractivity contribution is 5.98. The second-order valence-corrected chi connectivity index (χ2v) is 7.52. The first kappa shape index (κ1) is 21.2. The van der Waals surface area contributed by atoms with E-state index >= 15 is 0 Å². The predicted molar refractivity (Wildman–Crippen MR) is 105 cm³/mol. The molecule has 0 radical (unpaired) electrons. The Labute approximate surface area is 168 Å². The van der Waals surface area contributed by atoms with Crippen molar-refractivity contribution in [2.75, 3.05) is 44.7 Å². The Hall–Kier alpha value is -2.48. The molecule has 0 atom stereocenters. The van der Waals surface area contributed by atoms with Crippen molar-refractivity contribution < 1.29 is 27.6 Å². The smallest absolute Gasteiger partial charge is 0.406 e. The second-order valence-electron chi connectivity index (χ2n) is 7.52. The number of benzene rings is 1. The molecule has 5 nitrogen and oxygen atoms in total. The van der Waals surface area contributed by atoms with Gasteiger partial charge in [0.2, 0.25) is 5.78 Å². The number of ketones is 1. The van der Waals surface area contributed by atoms with Crippen LogP contribution in [0.3, 0.4) is 0 Å². The van der Waals surface area contributed by atoms with E-state index in [1.807, 2.05) is 24.3 Å². The molecule has 1 saturated heterocycles. The standard InChI is InChI=1S/C21H26F3N3O2/c1-15-11-19(16(2)27(15)14-21(22,23)24)20(28)13-25-7-9-26(10-8-25)17-5-4-6-18(12-17)29-3/h4-6,11-12H,7-10,13-14H2,1-3H3/p+1. The van der Waals surface area contributed by atoms with Crippen LogP contribution in [0.2, 0.25) is 0 Å². The number of nitrogens with one attached hydrogen (secondary N) is 1. The third-order valence-electron chi connectivity index (χ3n) is 5.51. The summed E-state index contributed by atoms with van der Waals surface area (Å²) in [5.74, 6) is 0.707. The van der Waals surface area contributed by atoms with Crippen molar-refractivity contribution in [3.63, 3.8) is 0 Å². The predicted octanol–water partition coefficient (Wildman–Crippen LogP) is 2.26. The Morgan fingerprint density at radius 2 is 1.86 bits per heavy atom. The first-order chi connectivity index (χ1) is 13.7. The molecule has 0 saturated carbocycles. The second kappa shape index (κ2) is 8.49. The minimum absolute atomic E-state index is 0.101. The van der Waals surface area contributed by atoms with Gasteiger partial charge in [-0.3, -0.25) is 4.79 Å². The number of Topliss-reactive ketones (excluding diaryl/α,β-unsaturated/α-hetero) is 1. The fourth-order valence-electron chi connectivity index (χ4n) is 3.89. The lowest BCUT2D eigenvalue weighted by molar-refractivity contribution is -0.892. The van der Waals surface area contributed by atoms with E-state index in [4.69, 9.17) is 4.74 Å². The van der Waals surface area contributed by atoms with E-state index in [1.54, 1.807) is 27.0 Å². The van der Waals surface area contributed by atoms with Gasteiger partial charge >= 0.3 is 6.18 Å². The summed E-state index contributed by atoms with van der Waals surface area (Å²) >= 11 is 0. The molecule has 0 aliphatic carbocycles. The molecule has 1 fully saturated rings. The summed E-state index contributed by atoms with van der Waals surface area (Å²) in [6.07, 6.45) is -4.31. The van der Waals surface area contributed by atoms with Gasteiger partial charge in [-0.25, -0.2) is 0 Å². The normalized spacial score (nSPS) is 15.6. The van der Waals surface area contributed by atoms with E-state index in [0.717, 1.165) is 42.5 Å². The minimum atomic E-state index is -4.31. The molecule has 3 rings (SSSR count). The number of hydrogen-bond acceptors (Lipinski definition) is 3. The first-order valence-electron chi connectivity index (χ1n) is 9.67. The van der Waals surface area contributed by atoms with Gasteiger partial charge in [-0.2, -0.15) is 13.2 Å². The summed E-state index contributed by atoms with van der Waals surface area (Å²) in [6, 6.07) is 9.46. The van der Waals surface area contributed by atoms with Crippen molar-refractivity contribution in [3.05, 3.63) is 47.3 Å². The van der Waals surface area contributed by atoms with Crippen LogP contribution in [-0.4, -0.2) is 56.4 Å². The number of piperazine rings is 1. The molecule has 2 aromatic rings. The van der Waals surface area contributed by atoms with Gasteiger partial charge in [0.15, 0.2) is 0 Å². The van der Waals surface area contributed by atoms with Crippen molar-refractivity contribution >= 4 is 11.5 Å². The number of anilines is 1. The topological polar surface area (TPSA) is 38.9 Å². The molecule has 8 heteroatoms. The molecule has 158 valence electrons. The Morgan fingerprint density at radius 1 is 1.17 bits per heavy atom. The Kier molecular flexibility index (Phi) is 6.21. The summed E-state index contributed by atoms with van der Waals surface area (Å²) < 4.78 is 44.8. The lowest BCUT2D eigenvalue weighted by Gasteiger charge is -2.33. The minimum Gasteiger partial charge on any atom is -0.497 e. The van der Waals surface area contributed by atoms with Crippen molar-refractivity contribution in [1.29, 1.82) is 0 Å². The van der Waals surface area contributed by atoms with E-state index in [2.05, 4.69) is 4.90 Å². The van der Waals surface area contributed by atoms with Gasteiger partial charge in [0, 0.05) is 28.7 Å². The number of halogens is 3. The zero-order chi connectivity index (χ0) is 21.2. The van der Waals surface area contributed by atoms with Gasteiger partial charge in [0.25, 0.3) is 0 Å². The third kappa shape index (κ3) is 5.12. The molecule has 1 aliphatic rings. The molecular weight excluding hydrogens is 383 g/mol. The molecule has 1 N–H and O–H groups in total. The van der Waals surface area contributed by atoms with Gasteiger partial charge in [-0.05, 0) is 32.0 Å². The summed E-state index contributed by atoms with van der Waals surface area (Å²) in [6.45, 7) is 5.63. The van der Waals surface area contributed by atoms with Crippen molar-refractivity contribution in [1.82, 2.24) is 4.57 Å². The SMILES string of the molecule is COc1cccc(N2CC[NH+](CC(=O)c3cc(C)n(CC(F)(F)F)c3C)CC2)c1. The Morgan fingerprint density at radius 3 is 2.48 bits per heavy atom. The van der Waals surface area contributed by atoms with Crippen LogP contribution in [0.1, 0.15) is 21.7 Å². The molecular formula is C21H27F3N3O2+. The number of rotatable bonds is 6. The number of aryl methyl sites for hydroxylation is 1. The number of quaternary nitrogens is 1. The molecule has 29 heavy (non-hydrogen) atoms. The molecule has 0 bridgehead atoms. The molecule has 0 amide bonds. The van der Waals surface area contributed by atoms with E-state index in [9.17, 15) is 18.0 Å². The molecule has 1 aliphatic heterocycles. The van der Waals surface area contributed by atoms with Gasteiger partial charge in [0.1, 0.15) is 18.8 Å². The maximum Gasteiger partial charge on any atom is 0.406 e. The summed E-state index contributed by atoms with van der Waals surface area (Å²) in [5.41, 5.74) is 2.33. The average Bonchev–Trinajstić information content (AvgIpc) is 2.95. The third-order valence-corrected chi connectivity index (χ3v) is 5.51. The van der Waals surface area contributed by atoms with Crippen LogP contribution in [0.5, 0.6) is 5.75 Å². The summed E-state index contributed by atoms with van der Waals surface area (Å²) in [5, 5.41) is 0. The fourth-order valence-corrected chi connectivity index (χ4v) is 3.89. The number of aromatic nitrogens is 1. The molecule has 0 unspecified atom stereocenters. The van der Waals surface area contributed by atoms with Crippen LogP contribution in [0, 0.1) is 13.8 Å². The number of carbonyl (C=O) groups excluding carboxylic acids is 1. The Bertz CT molecular complexity index is 869. The van der Waals surface area contributed by atoms with E-state index in [1.165, 1.54) is 4.57 Å². The zero-order valence-electron chi connectivity index (χ0n) is 17.0. The van der Waals surface area contributed by atoms with Gasteiger partial charge in [-0.15, -0.1) is 0 Å². The maximum absolute atomic E-state index is 12.8. The highest BCUT2D eigenvalue weighted by atomic mass is 19.4. The number of ether oxygens (including phenoxy) is 1. The zero-order valence-corrected chi connectivity index (χ0v) is 17.0. The lowest BCUT2D eigenvalue weighted by Crippen LogP contribution is -3.15. The van der Waals surface area contributed by atoms with Crippen molar-refractivity contribution in [3.8, 4) is 5.75 Å².